The highest BCUT2D eigenvalue weighted by molar-refractivity contribution is 5.55. The quantitative estimate of drug-likeness (QED) is 0.686. The van der Waals surface area contributed by atoms with Gasteiger partial charge in [-0.15, -0.1) is 0 Å². The maximum Gasteiger partial charge on any atom is 0.162 e. The molecule has 4 rings (SSSR count). The number of aliphatic hydroxyl groups excluding tert-OH is 2. The fourth-order valence-electron chi connectivity index (χ4n) is 4.63. The summed E-state index contributed by atoms with van der Waals surface area (Å²) in [5, 5.41) is 24.1. The zero-order valence-electron chi connectivity index (χ0n) is 16.4. The van der Waals surface area contributed by atoms with E-state index in [4.69, 9.17) is 4.74 Å². The van der Waals surface area contributed by atoms with Crippen LogP contribution >= 0.6 is 0 Å². The molecule has 0 spiro atoms. The second-order valence-electron chi connectivity index (χ2n) is 8.03. The standard InChI is InChI=1S/C22H28FN3O3/c23-19-4-2-1-3-16(19)22-24-8-5-15(26-22)11-17-18(13-27)21(28)12-20(17)25-14-6-9-29-10-7-14/h1-5,8,14,17-18,20-21,25,27-28H,6-7,9-13H2. The molecular formula is C22H28FN3O3. The summed E-state index contributed by atoms with van der Waals surface area (Å²) in [6.45, 7) is 1.43. The molecule has 2 heterocycles. The lowest BCUT2D eigenvalue weighted by atomic mass is 9.88. The number of halogens is 1. The second-order valence-corrected chi connectivity index (χ2v) is 8.03. The Morgan fingerprint density at radius 2 is 1.93 bits per heavy atom. The Balaban J connectivity index is 1.53. The van der Waals surface area contributed by atoms with Crippen molar-refractivity contribution >= 4 is 0 Å². The number of aromatic nitrogens is 2. The van der Waals surface area contributed by atoms with Gasteiger partial charge in [0.2, 0.25) is 0 Å². The van der Waals surface area contributed by atoms with Crippen LogP contribution in [0.5, 0.6) is 0 Å². The Labute approximate surface area is 170 Å². The van der Waals surface area contributed by atoms with E-state index in [1.54, 1.807) is 24.4 Å². The molecule has 0 bridgehead atoms. The number of hydrogen-bond donors (Lipinski definition) is 3. The summed E-state index contributed by atoms with van der Waals surface area (Å²) in [5.41, 5.74) is 1.16. The molecule has 1 aromatic carbocycles. The topological polar surface area (TPSA) is 87.5 Å². The van der Waals surface area contributed by atoms with Gasteiger partial charge >= 0.3 is 0 Å². The van der Waals surface area contributed by atoms with Gasteiger partial charge in [-0.25, -0.2) is 14.4 Å². The Morgan fingerprint density at radius 3 is 2.69 bits per heavy atom. The van der Waals surface area contributed by atoms with Crippen molar-refractivity contribution in [3.63, 3.8) is 0 Å². The van der Waals surface area contributed by atoms with Crippen LogP contribution < -0.4 is 5.32 Å². The fraction of sp³-hybridized carbons (Fsp3) is 0.545. The van der Waals surface area contributed by atoms with E-state index in [2.05, 4.69) is 15.3 Å². The van der Waals surface area contributed by atoms with Crippen molar-refractivity contribution < 1.29 is 19.3 Å². The molecule has 0 radical (unpaired) electrons. The first-order valence-corrected chi connectivity index (χ1v) is 10.3. The SMILES string of the molecule is OCC1C(O)CC(NC2CCOCC2)C1Cc1ccnc(-c2ccccc2F)n1. The Hall–Kier alpha value is -1.93. The number of benzene rings is 1. The first-order valence-electron chi connectivity index (χ1n) is 10.3. The van der Waals surface area contributed by atoms with Crippen molar-refractivity contribution in [1.82, 2.24) is 15.3 Å². The first kappa shape index (κ1) is 20.3. The lowest BCUT2D eigenvalue weighted by molar-refractivity contribution is 0.0678. The highest BCUT2D eigenvalue weighted by Crippen LogP contribution is 2.35. The number of hydrogen-bond acceptors (Lipinski definition) is 6. The van der Waals surface area contributed by atoms with Gasteiger partial charge in [0.15, 0.2) is 5.82 Å². The summed E-state index contributed by atoms with van der Waals surface area (Å²) in [6, 6.07) is 8.75. The van der Waals surface area contributed by atoms with Gasteiger partial charge in [-0.1, -0.05) is 12.1 Å². The van der Waals surface area contributed by atoms with Crippen LogP contribution in [-0.2, 0) is 11.2 Å². The van der Waals surface area contributed by atoms with Gasteiger partial charge in [0.05, 0.1) is 11.7 Å². The third-order valence-electron chi connectivity index (χ3n) is 6.21. The van der Waals surface area contributed by atoms with Crippen molar-refractivity contribution in [3.8, 4) is 11.4 Å². The van der Waals surface area contributed by atoms with Gasteiger partial charge in [-0.3, -0.25) is 0 Å². The van der Waals surface area contributed by atoms with Gasteiger partial charge in [0.25, 0.3) is 0 Å². The molecule has 1 aliphatic heterocycles. The lowest BCUT2D eigenvalue weighted by Gasteiger charge is -2.31. The molecule has 156 valence electrons. The average molecular weight is 401 g/mol. The minimum atomic E-state index is -0.546. The molecular weight excluding hydrogens is 373 g/mol. The van der Waals surface area contributed by atoms with Crippen molar-refractivity contribution in [2.75, 3.05) is 19.8 Å². The third-order valence-corrected chi connectivity index (χ3v) is 6.21. The summed E-state index contributed by atoms with van der Waals surface area (Å²) in [7, 11) is 0. The smallest absolute Gasteiger partial charge is 0.162 e. The van der Waals surface area contributed by atoms with Crippen LogP contribution in [0.15, 0.2) is 36.5 Å². The van der Waals surface area contributed by atoms with Gasteiger partial charge < -0.3 is 20.3 Å². The highest BCUT2D eigenvalue weighted by Gasteiger charge is 2.43. The average Bonchev–Trinajstić information content (AvgIpc) is 3.03. The van der Waals surface area contributed by atoms with E-state index in [0.29, 0.717) is 30.3 Å². The van der Waals surface area contributed by atoms with Gasteiger partial charge in [0, 0.05) is 49.7 Å². The van der Waals surface area contributed by atoms with E-state index in [9.17, 15) is 14.6 Å². The van der Waals surface area contributed by atoms with E-state index < -0.39 is 6.10 Å². The summed E-state index contributed by atoms with van der Waals surface area (Å²) >= 11 is 0. The van der Waals surface area contributed by atoms with Crippen molar-refractivity contribution in [1.29, 1.82) is 0 Å². The van der Waals surface area contributed by atoms with E-state index in [1.807, 2.05) is 6.07 Å². The largest absolute Gasteiger partial charge is 0.396 e. The zero-order chi connectivity index (χ0) is 20.2. The molecule has 6 nitrogen and oxygen atoms in total. The minimum Gasteiger partial charge on any atom is -0.396 e. The summed E-state index contributed by atoms with van der Waals surface area (Å²) in [5.74, 6) is -0.165. The van der Waals surface area contributed by atoms with E-state index in [0.717, 1.165) is 31.7 Å². The predicted octanol–water partition coefficient (Wildman–Crippen LogP) is 1.95. The van der Waals surface area contributed by atoms with Crippen molar-refractivity contribution in [2.45, 2.75) is 43.9 Å². The monoisotopic (exact) mass is 401 g/mol. The molecule has 2 aliphatic rings. The van der Waals surface area contributed by atoms with Crippen LogP contribution in [0.1, 0.15) is 25.0 Å². The minimum absolute atomic E-state index is 0.0428. The molecule has 1 aliphatic carbocycles. The number of rotatable bonds is 6. The maximum absolute atomic E-state index is 14.1. The second kappa shape index (κ2) is 9.26. The Morgan fingerprint density at radius 1 is 1.14 bits per heavy atom. The van der Waals surface area contributed by atoms with Crippen LogP contribution in [0, 0.1) is 17.7 Å². The first-order chi connectivity index (χ1) is 14.2. The molecule has 29 heavy (non-hydrogen) atoms. The number of nitrogens with one attached hydrogen (secondary N) is 1. The molecule has 0 amide bonds. The Bertz CT molecular complexity index is 815. The van der Waals surface area contributed by atoms with Crippen LogP contribution in [0.2, 0.25) is 0 Å². The molecule has 7 heteroatoms. The highest BCUT2D eigenvalue weighted by atomic mass is 19.1. The molecule has 1 saturated heterocycles. The molecule has 4 unspecified atom stereocenters. The molecule has 1 saturated carbocycles. The van der Waals surface area contributed by atoms with E-state index in [-0.39, 0.29) is 30.3 Å². The lowest BCUT2D eigenvalue weighted by Crippen LogP contribution is -2.44. The van der Waals surface area contributed by atoms with Crippen LogP contribution in [-0.4, -0.2) is 58.2 Å². The van der Waals surface area contributed by atoms with Crippen LogP contribution in [0.25, 0.3) is 11.4 Å². The molecule has 1 aromatic heterocycles. The molecule has 2 fully saturated rings. The van der Waals surface area contributed by atoms with Crippen molar-refractivity contribution in [3.05, 3.63) is 48.0 Å². The number of ether oxygens (including phenoxy) is 1. The fourth-order valence-corrected chi connectivity index (χ4v) is 4.63. The summed E-state index contributed by atoms with van der Waals surface area (Å²) in [6.07, 6.45) is 4.20. The summed E-state index contributed by atoms with van der Waals surface area (Å²) in [4.78, 5) is 8.81. The maximum atomic E-state index is 14.1. The normalized spacial score (nSPS) is 28.0. The molecule has 2 aromatic rings. The number of nitrogens with zero attached hydrogens (tertiary/aromatic N) is 2. The Kier molecular flexibility index (Phi) is 6.50. The van der Waals surface area contributed by atoms with Crippen molar-refractivity contribution in [2.24, 2.45) is 11.8 Å². The zero-order valence-corrected chi connectivity index (χ0v) is 16.4. The molecule has 3 N–H and O–H groups in total. The van der Waals surface area contributed by atoms with E-state index >= 15 is 0 Å². The van der Waals surface area contributed by atoms with Gasteiger partial charge in [-0.2, -0.15) is 0 Å². The number of aliphatic hydroxyl groups is 2. The van der Waals surface area contributed by atoms with Gasteiger partial charge in [0.1, 0.15) is 5.82 Å². The predicted molar refractivity (Wildman–Crippen MR) is 107 cm³/mol. The molecule has 4 atom stereocenters. The van der Waals surface area contributed by atoms with E-state index in [1.165, 1.54) is 6.07 Å². The van der Waals surface area contributed by atoms with Crippen LogP contribution in [0.3, 0.4) is 0 Å². The third kappa shape index (κ3) is 4.64. The van der Waals surface area contributed by atoms with Crippen LogP contribution in [0.4, 0.5) is 4.39 Å². The summed E-state index contributed by atoms with van der Waals surface area (Å²) < 4.78 is 19.6. The van der Waals surface area contributed by atoms with Gasteiger partial charge in [-0.05, 0) is 49.8 Å².